The Kier molecular flexibility index (Phi) is 8.43. The molecule has 1 N–H and O–H groups in total. The van der Waals surface area contributed by atoms with Crippen LogP contribution in [0.3, 0.4) is 0 Å². The maximum Gasteiger partial charge on any atom is 0.307 e. The molecule has 0 fully saturated rings. The summed E-state index contributed by atoms with van der Waals surface area (Å²) in [5.41, 5.74) is -0.647. The highest BCUT2D eigenvalue weighted by Crippen LogP contribution is 2.37. The minimum atomic E-state index is -2.74. The zero-order chi connectivity index (χ0) is 24.0. The lowest BCUT2D eigenvalue weighted by Gasteiger charge is -2.43. The zero-order valence-electron chi connectivity index (χ0n) is 20.1. The second kappa shape index (κ2) is 10.4. The second-order valence-electron chi connectivity index (χ2n) is 10.1. The molecule has 32 heavy (non-hydrogen) atoms. The predicted octanol–water partition coefficient (Wildman–Crippen LogP) is 4.39. The van der Waals surface area contributed by atoms with Gasteiger partial charge in [0.15, 0.2) is 0 Å². The van der Waals surface area contributed by atoms with Crippen molar-refractivity contribution in [2.75, 3.05) is 6.61 Å². The summed E-state index contributed by atoms with van der Waals surface area (Å²) >= 11 is 0. The van der Waals surface area contributed by atoms with E-state index in [2.05, 4.69) is 45.0 Å². The number of aliphatic carboxylic acids is 1. The van der Waals surface area contributed by atoms with E-state index in [9.17, 15) is 14.7 Å². The molecule has 0 aliphatic carbocycles. The molecule has 2 aromatic rings. The maximum absolute atomic E-state index is 12.2. The highest BCUT2D eigenvalue weighted by molar-refractivity contribution is 6.99. The molecule has 0 amide bonds. The van der Waals surface area contributed by atoms with Crippen molar-refractivity contribution in [2.45, 2.75) is 65.0 Å². The maximum atomic E-state index is 12.2. The first-order chi connectivity index (χ1) is 14.9. The Morgan fingerprint density at radius 3 is 1.72 bits per heavy atom. The van der Waals surface area contributed by atoms with E-state index in [1.165, 1.54) is 0 Å². The standard InChI is InChI=1S/C26H36O5Si/c1-25(2,3)31-23(27)19-20(24(28)29)17-18-30-32(26(4,5)6,21-13-9-7-10-14-21)22-15-11-8-12-16-22/h7-16,20H,17-19H2,1-6H3,(H,28,29)/t20-/m1/s1. The Labute approximate surface area is 192 Å². The summed E-state index contributed by atoms with van der Waals surface area (Å²) in [4.78, 5) is 24.1. The van der Waals surface area contributed by atoms with E-state index in [1.807, 2.05) is 36.4 Å². The lowest BCUT2D eigenvalue weighted by atomic mass is 10.0. The van der Waals surface area contributed by atoms with Gasteiger partial charge >= 0.3 is 11.9 Å². The highest BCUT2D eigenvalue weighted by atomic mass is 28.4. The number of hydrogen-bond donors (Lipinski definition) is 1. The lowest BCUT2D eigenvalue weighted by Crippen LogP contribution is -2.66. The molecular weight excluding hydrogens is 420 g/mol. The molecule has 6 heteroatoms. The monoisotopic (exact) mass is 456 g/mol. The van der Waals surface area contributed by atoms with Crippen molar-refractivity contribution in [3.8, 4) is 0 Å². The fourth-order valence-electron chi connectivity index (χ4n) is 4.01. The van der Waals surface area contributed by atoms with E-state index in [-0.39, 0.29) is 24.5 Å². The molecule has 0 aliphatic rings. The van der Waals surface area contributed by atoms with Crippen LogP contribution in [-0.4, -0.2) is 37.6 Å². The van der Waals surface area contributed by atoms with Crippen LogP contribution in [0.15, 0.2) is 60.7 Å². The largest absolute Gasteiger partial charge is 0.481 e. The molecule has 0 aliphatic heterocycles. The molecule has 0 saturated heterocycles. The van der Waals surface area contributed by atoms with Gasteiger partial charge in [-0.2, -0.15) is 0 Å². The molecule has 0 saturated carbocycles. The molecular formula is C26H36O5Si. The molecule has 1 atom stereocenters. The van der Waals surface area contributed by atoms with Gasteiger partial charge in [0.25, 0.3) is 8.32 Å². The number of carboxylic acid groups (broad SMARTS) is 1. The average molecular weight is 457 g/mol. The Morgan fingerprint density at radius 2 is 1.34 bits per heavy atom. The van der Waals surface area contributed by atoms with Crippen molar-refractivity contribution in [3.05, 3.63) is 60.7 Å². The molecule has 5 nitrogen and oxygen atoms in total. The van der Waals surface area contributed by atoms with Gasteiger partial charge in [0.05, 0.1) is 12.3 Å². The van der Waals surface area contributed by atoms with Crippen LogP contribution >= 0.6 is 0 Å². The van der Waals surface area contributed by atoms with Crippen molar-refractivity contribution in [1.29, 1.82) is 0 Å². The van der Waals surface area contributed by atoms with E-state index in [1.54, 1.807) is 20.8 Å². The van der Waals surface area contributed by atoms with Crippen LogP contribution in [-0.2, 0) is 18.8 Å². The predicted molar refractivity (Wildman–Crippen MR) is 130 cm³/mol. The Balaban J connectivity index is 2.31. The zero-order valence-corrected chi connectivity index (χ0v) is 21.1. The molecule has 2 rings (SSSR count). The van der Waals surface area contributed by atoms with Crippen LogP contribution in [0.5, 0.6) is 0 Å². The number of benzene rings is 2. The molecule has 0 unspecified atom stereocenters. The van der Waals surface area contributed by atoms with E-state index in [4.69, 9.17) is 9.16 Å². The fourth-order valence-corrected chi connectivity index (χ4v) is 8.59. The van der Waals surface area contributed by atoms with Crippen molar-refractivity contribution in [3.63, 3.8) is 0 Å². The summed E-state index contributed by atoms with van der Waals surface area (Å²) in [6.45, 7) is 12.1. The van der Waals surface area contributed by atoms with Gasteiger partial charge in [-0.1, -0.05) is 81.4 Å². The van der Waals surface area contributed by atoms with E-state index < -0.39 is 31.8 Å². The third-order valence-electron chi connectivity index (χ3n) is 5.38. The van der Waals surface area contributed by atoms with E-state index in [0.29, 0.717) is 0 Å². The van der Waals surface area contributed by atoms with E-state index in [0.717, 1.165) is 10.4 Å². The molecule has 0 aromatic heterocycles. The summed E-state index contributed by atoms with van der Waals surface area (Å²) in [6.07, 6.45) is 0.0653. The summed E-state index contributed by atoms with van der Waals surface area (Å²) in [7, 11) is -2.74. The van der Waals surface area contributed by atoms with Crippen LogP contribution in [0, 0.1) is 5.92 Å². The number of ether oxygens (including phenoxy) is 1. The second-order valence-corrected chi connectivity index (χ2v) is 14.4. The minimum Gasteiger partial charge on any atom is -0.481 e. The third kappa shape index (κ3) is 6.53. The van der Waals surface area contributed by atoms with Gasteiger partial charge < -0.3 is 14.3 Å². The summed E-state index contributed by atoms with van der Waals surface area (Å²) < 4.78 is 12.1. The van der Waals surface area contributed by atoms with Crippen LogP contribution in [0.1, 0.15) is 54.4 Å². The Morgan fingerprint density at radius 1 is 0.875 bits per heavy atom. The molecule has 0 spiro atoms. The Hall–Kier alpha value is -2.44. The summed E-state index contributed by atoms with van der Waals surface area (Å²) in [5.74, 6) is -2.37. The molecule has 2 aromatic carbocycles. The van der Waals surface area contributed by atoms with Crippen LogP contribution in [0.25, 0.3) is 0 Å². The van der Waals surface area contributed by atoms with Crippen LogP contribution < -0.4 is 10.4 Å². The quantitative estimate of drug-likeness (QED) is 0.448. The van der Waals surface area contributed by atoms with Gasteiger partial charge in [-0.25, -0.2) is 0 Å². The molecule has 174 valence electrons. The number of carboxylic acids is 1. The van der Waals surface area contributed by atoms with Gasteiger partial charge in [-0.05, 0) is 42.6 Å². The topological polar surface area (TPSA) is 72.8 Å². The molecule has 0 radical (unpaired) electrons. The molecule has 0 bridgehead atoms. The van der Waals surface area contributed by atoms with Gasteiger partial charge in [0.2, 0.25) is 0 Å². The first kappa shape index (κ1) is 25.8. The van der Waals surface area contributed by atoms with Crippen molar-refractivity contribution < 1.29 is 23.9 Å². The first-order valence-corrected chi connectivity index (χ1v) is 13.0. The third-order valence-corrected chi connectivity index (χ3v) is 10.4. The highest BCUT2D eigenvalue weighted by Gasteiger charge is 2.50. The Bertz CT molecular complexity index is 842. The normalized spacial score (nSPS) is 13.4. The van der Waals surface area contributed by atoms with Gasteiger partial charge in [-0.15, -0.1) is 0 Å². The fraction of sp³-hybridized carbons (Fsp3) is 0.462. The van der Waals surface area contributed by atoms with Crippen molar-refractivity contribution >= 4 is 30.6 Å². The van der Waals surface area contributed by atoms with Gasteiger partial charge in [-0.3, -0.25) is 9.59 Å². The van der Waals surface area contributed by atoms with Gasteiger partial charge in [0, 0.05) is 6.61 Å². The smallest absolute Gasteiger partial charge is 0.307 e. The molecule has 0 heterocycles. The van der Waals surface area contributed by atoms with Crippen molar-refractivity contribution in [1.82, 2.24) is 0 Å². The summed E-state index contributed by atoms with van der Waals surface area (Å²) in [5, 5.41) is 11.8. The van der Waals surface area contributed by atoms with Crippen molar-refractivity contribution in [2.24, 2.45) is 5.92 Å². The van der Waals surface area contributed by atoms with Crippen LogP contribution in [0.4, 0.5) is 0 Å². The average Bonchev–Trinajstić information content (AvgIpc) is 2.69. The number of esters is 1. The minimum absolute atomic E-state index is 0.170. The number of rotatable bonds is 9. The first-order valence-electron chi connectivity index (χ1n) is 11.1. The SMILES string of the molecule is CC(C)(C)OC(=O)C[C@@H](CCO[Si](c1ccccc1)(c1ccccc1)C(C)(C)C)C(=O)O. The van der Waals surface area contributed by atoms with Crippen LogP contribution in [0.2, 0.25) is 5.04 Å². The lowest BCUT2D eigenvalue weighted by molar-refractivity contribution is -0.160. The van der Waals surface area contributed by atoms with Gasteiger partial charge in [0.1, 0.15) is 5.60 Å². The number of carbonyl (C=O) groups is 2. The number of hydrogen-bond acceptors (Lipinski definition) is 4. The summed E-state index contributed by atoms with van der Waals surface area (Å²) in [6, 6.07) is 20.4. The van der Waals surface area contributed by atoms with E-state index >= 15 is 0 Å². The number of carbonyl (C=O) groups excluding carboxylic acids is 1.